The van der Waals surface area contributed by atoms with Crippen molar-refractivity contribution in [2.75, 3.05) is 6.54 Å². The first-order chi connectivity index (χ1) is 14.0. The van der Waals surface area contributed by atoms with Gasteiger partial charge in [-0.25, -0.2) is 9.37 Å². The number of rotatable bonds is 9. The molecule has 8 heteroatoms. The fourth-order valence-electron chi connectivity index (χ4n) is 3.09. The third-order valence-electron chi connectivity index (χ3n) is 4.60. The number of hydrogen-bond acceptors (Lipinski definition) is 5. The highest BCUT2D eigenvalue weighted by molar-refractivity contribution is 6.06. The number of carboxylic acids is 1. The van der Waals surface area contributed by atoms with Crippen LogP contribution in [0.25, 0.3) is 22.4 Å². The Balaban J connectivity index is 1.71. The molecule has 2 aromatic heterocycles. The molecular weight excluding hydrogens is 377 g/mol. The van der Waals surface area contributed by atoms with E-state index in [-0.39, 0.29) is 23.9 Å². The first-order valence-corrected chi connectivity index (χ1v) is 9.48. The molecule has 2 heterocycles. The SMILES string of the molecule is Cc1noc2nc(-c3ccc(F)cc3)cc(C(=O)NCCCCCCC(=O)O)c12. The largest absolute Gasteiger partial charge is 0.481 e. The molecule has 0 bridgehead atoms. The molecule has 0 saturated heterocycles. The summed E-state index contributed by atoms with van der Waals surface area (Å²) in [5.74, 6) is -1.41. The van der Waals surface area contributed by atoms with Crippen molar-refractivity contribution in [3.8, 4) is 11.3 Å². The van der Waals surface area contributed by atoms with Crippen LogP contribution in [-0.4, -0.2) is 33.7 Å². The van der Waals surface area contributed by atoms with E-state index in [2.05, 4.69) is 15.5 Å². The molecule has 1 amide bonds. The Hall–Kier alpha value is -3.29. The van der Waals surface area contributed by atoms with E-state index in [0.717, 1.165) is 19.3 Å². The first-order valence-electron chi connectivity index (χ1n) is 9.48. The minimum absolute atomic E-state index is 0.167. The fraction of sp³-hybridized carbons (Fsp3) is 0.333. The summed E-state index contributed by atoms with van der Waals surface area (Å²) in [7, 11) is 0. The number of nitrogens with zero attached hydrogens (tertiary/aromatic N) is 2. The van der Waals surface area contributed by atoms with E-state index in [4.69, 9.17) is 9.63 Å². The molecule has 0 atom stereocenters. The third-order valence-corrected chi connectivity index (χ3v) is 4.60. The van der Waals surface area contributed by atoms with E-state index >= 15 is 0 Å². The maximum Gasteiger partial charge on any atom is 0.303 e. The molecule has 0 aliphatic heterocycles. The van der Waals surface area contributed by atoms with Gasteiger partial charge in [0.2, 0.25) is 0 Å². The van der Waals surface area contributed by atoms with E-state index in [9.17, 15) is 14.0 Å². The maximum atomic E-state index is 13.2. The lowest BCUT2D eigenvalue weighted by Crippen LogP contribution is -2.25. The summed E-state index contributed by atoms with van der Waals surface area (Å²) in [6.07, 6.45) is 3.20. The Labute approximate surface area is 166 Å². The zero-order chi connectivity index (χ0) is 20.8. The van der Waals surface area contributed by atoms with Crippen molar-refractivity contribution in [3.63, 3.8) is 0 Å². The zero-order valence-electron chi connectivity index (χ0n) is 16.1. The van der Waals surface area contributed by atoms with Crippen LogP contribution in [0.1, 0.15) is 48.2 Å². The number of carboxylic acid groups (broad SMARTS) is 1. The van der Waals surface area contributed by atoms with E-state index in [1.807, 2.05) is 0 Å². The Morgan fingerprint density at radius 3 is 2.59 bits per heavy atom. The molecule has 0 spiro atoms. The highest BCUT2D eigenvalue weighted by atomic mass is 19.1. The molecule has 152 valence electrons. The standard InChI is InChI=1S/C21H22FN3O4/c1-13-19-16(20(28)23-11-5-3-2-4-6-18(26)27)12-17(24-21(19)29-25-13)14-7-9-15(22)10-8-14/h7-10,12H,2-6,11H2,1H3,(H,23,28)(H,26,27). The summed E-state index contributed by atoms with van der Waals surface area (Å²) >= 11 is 0. The van der Waals surface area contributed by atoms with Crippen molar-refractivity contribution in [1.29, 1.82) is 0 Å². The number of pyridine rings is 1. The molecule has 0 radical (unpaired) electrons. The number of carbonyl (C=O) groups is 2. The minimum atomic E-state index is -0.791. The molecule has 1 aromatic carbocycles. The smallest absolute Gasteiger partial charge is 0.303 e. The van der Waals surface area contributed by atoms with Crippen LogP contribution in [0.4, 0.5) is 4.39 Å². The molecule has 2 N–H and O–H groups in total. The number of aliphatic carboxylic acids is 1. The number of fused-ring (bicyclic) bond motifs is 1. The van der Waals surface area contributed by atoms with Gasteiger partial charge in [0, 0.05) is 18.5 Å². The van der Waals surface area contributed by atoms with Crippen LogP contribution in [0.5, 0.6) is 0 Å². The predicted molar refractivity (Wildman–Crippen MR) is 105 cm³/mol. The van der Waals surface area contributed by atoms with Gasteiger partial charge >= 0.3 is 5.97 Å². The summed E-state index contributed by atoms with van der Waals surface area (Å²) in [5.41, 5.74) is 2.38. The number of aryl methyl sites for hydroxylation is 1. The summed E-state index contributed by atoms with van der Waals surface area (Å²) in [6.45, 7) is 2.22. The van der Waals surface area contributed by atoms with Crippen LogP contribution in [0.3, 0.4) is 0 Å². The first kappa shape index (κ1) is 20.4. The monoisotopic (exact) mass is 399 g/mol. The van der Waals surface area contributed by atoms with Gasteiger partial charge in [0.1, 0.15) is 5.82 Å². The average molecular weight is 399 g/mol. The van der Waals surface area contributed by atoms with Crippen molar-refractivity contribution >= 4 is 23.0 Å². The second-order valence-electron chi connectivity index (χ2n) is 6.82. The summed E-state index contributed by atoms with van der Waals surface area (Å²) in [5, 5.41) is 16.0. The molecule has 3 aromatic rings. The summed E-state index contributed by atoms with van der Waals surface area (Å²) in [6, 6.07) is 7.49. The number of hydrogen-bond donors (Lipinski definition) is 2. The molecule has 0 unspecified atom stereocenters. The van der Waals surface area contributed by atoms with Crippen molar-refractivity contribution in [2.45, 2.75) is 39.0 Å². The molecule has 0 aliphatic carbocycles. The van der Waals surface area contributed by atoms with Gasteiger partial charge in [-0.2, -0.15) is 0 Å². The lowest BCUT2D eigenvalue weighted by Gasteiger charge is -2.08. The zero-order valence-corrected chi connectivity index (χ0v) is 16.1. The molecule has 29 heavy (non-hydrogen) atoms. The molecule has 7 nitrogen and oxygen atoms in total. The van der Waals surface area contributed by atoms with Gasteiger partial charge in [-0.15, -0.1) is 0 Å². The highest BCUT2D eigenvalue weighted by Gasteiger charge is 2.19. The van der Waals surface area contributed by atoms with E-state index in [0.29, 0.717) is 40.9 Å². The van der Waals surface area contributed by atoms with Crippen LogP contribution < -0.4 is 5.32 Å². The fourth-order valence-corrected chi connectivity index (χ4v) is 3.09. The van der Waals surface area contributed by atoms with Gasteiger partial charge in [-0.3, -0.25) is 9.59 Å². The van der Waals surface area contributed by atoms with Gasteiger partial charge in [-0.1, -0.05) is 18.0 Å². The third kappa shape index (κ3) is 5.16. The van der Waals surface area contributed by atoms with E-state index < -0.39 is 5.97 Å². The lowest BCUT2D eigenvalue weighted by molar-refractivity contribution is -0.137. The second-order valence-corrected chi connectivity index (χ2v) is 6.82. The quantitative estimate of drug-likeness (QED) is 0.525. The normalized spacial score (nSPS) is 11.0. The topological polar surface area (TPSA) is 105 Å². The number of unbranched alkanes of at least 4 members (excludes halogenated alkanes) is 3. The van der Waals surface area contributed by atoms with Gasteiger partial charge < -0.3 is 14.9 Å². The number of benzene rings is 1. The van der Waals surface area contributed by atoms with Gasteiger partial charge in [-0.05, 0) is 50.1 Å². The number of aromatic nitrogens is 2. The molecular formula is C21H22FN3O4. The molecule has 3 rings (SSSR count). The van der Waals surface area contributed by atoms with Gasteiger partial charge in [0.15, 0.2) is 0 Å². The van der Waals surface area contributed by atoms with Crippen molar-refractivity contribution in [1.82, 2.24) is 15.5 Å². The Kier molecular flexibility index (Phi) is 6.54. The summed E-state index contributed by atoms with van der Waals surface area (Å²) in [4.78, 5) is 27.7. The summed E-state index contributed by atoms with van der Waals surface area (Å²) < 4.78 is 18.5. The molecule has 0 aliphatic rings. The highest BCUT2D eigenvalue weighted by Crippen LogP contribution is 2.27. The predicted octanol–water partition coefficient (Wildman–Crippen LogP) is 4.10. The lowest BCUT2D eigenvalue weighted by atomic mass is 10.0. The Morgan fingerprint density at radius 2 is 1.86 bits per heavy atom. The molecule has 0 saturated carbocycles. The average Bonchev–Trinajstić information content (AvgIpc) is 3.07. The number of amides is 1. The van der Waals surface area contributed by atoms with Crippen molar-refractivity contribution < 1.29 is 23.6 Å². The number of carbonyl (C=O) groups excluding carboxylic acids is 1. The molecule has 0 fully saturated rings. The number of nitrogens with one attached hydrogen (secondary N) is 1. The number of halogens is 1. The van der Waals surface area contributed by atoms with Crippen LogP contribution >= 0.6 is 0 Å². The van der Waals surface area contributed by atoms with Gasteiger partial charge in [0.05, 0.1) is 22.3 Å². The van der Waals surface area contributed by atoms with Crippen LogP contribution in [0, 0.1) is 12.7 Å². The Bertz CT molecular complexity index is 1010. The van der Waals surface area contributed by atoms with E-state index in [1.54, 1.807) is 25.1 Å². The van der Waals surface area contributed by atoms with Crippen LogP contribution in [-0.2, 0) is 4.79 Å². The minimum Gasteiger partial charge on any atom is -0.481 e. The van der Waals surface area contributed by atoms with Crippen LogP contribution in [0.15, 0.2) is 34.9 Å². The van der Waals surface area contributed by atoms with Crippen LogP contribution in [0.2, 0.25) is 0 Å². The van der Waals surface area contributed by atoms with Crippen molar-refractivity contribution in [2.24, 2.45) is 0 Å². The maximum absolute atomic E-state index is 13.2. The Morgan fingerprint density at radius 1 is 1.14 bits per heavy atom. The second kappa shape index (κ2) is 9.27. The van der Waals surface area contributed by atoms with Crippen molar-refractivity contribution in [3.05, 3.63) is 47.4 Å². The van der Waals surface area contributed by atoms with E-state index in [1.165, 1.54) is 12.1 Å². The van der Waals surface area contributed by atoms with Gasteiger partial charge in [0.25, 0.3) is 11.6 Å².